The van der Waals surface area contributed by atoms with Crippen molar-refractivity contribution in [3.05, 3.63) is 47.2 Å². The molecule has 3 aromatic rings. The van der Waals surface area contributed by atoms with E-state index in [1.54, 1.807) is 30.5 Å². The number of carboxylic acids is 1. The minimum absolute atomic E-state index is 0.173. The average Bonchev–Trinajstić information content (AvgIpc) is 2.54. The summed E-state index contributed by atoms with van der Waals surface area (Å²) in [6.07, 6.45) is 3.54. The van der Waals surface area contributed by atoms with Crippen molar-refractivity contribution in [2.45, 2.75) is 5.16 Å². The zero-order valence-electron chi connectivity index (χ0n) is 11.4. The molecule has 1 aromatic carbocycles. The highest BCUT2D eigenvalue weighted by Gasteiger charge is 2.14. The molecule has 1 N–H and O–H groups in total. The minimum atomic E-state index is -1.01. The number of carbonyl (C=O) groups is 1. The van der Waals surface area contributed by atoms with Crippen molar-refractivity contribution in [1.82, 2.24) is 15.0 Å². The van der Waals surface area contributed by atoms with E-state index >= 15 is 0 Å². The molecular weight excluding hydrogens is 322 g/mol. The second kappa shape index (κ2) is 5.90. The van der Waals surface area contributed by atoms with Gasteiger partial charge in [-0.15, -0.1) is 0 Å². The molecule has 0 fully saturated rings. The van der Waals surface area contributed by atoms with Gasteiger partial charge in [0.2, 0.25) is 0 Å². The predicted octanol–water partition coefficient (Wildman–Crippen LogP) is 3.77. The number of nitrogens with zero attached hydrogens (tertiary/aromatic N) is 3. The smallest absolute Gasteiger partial charge is 0.336 e. The highest BCUT2D eigenvalue weighted by Crippen LogP contribution is 2.29. The summed E-state index contributed by atoms with van der Waals surface area (Å²) in [5, 5.41) is 10.8. The van der Waals surface area contributed by atoms with Crippen LogP contribution in [0, 0.1) is 0 Å². The number of aromatic carboxylic acids is 1. The van der Waals surface area contributed by atoms with Gasteiger partial charge in [0.25, 0.3) is 0 Å². The number of carboxylic acid groups (broad SMARTS) is 1. The molecular formula is C15H10ClN3O2S. The first-order chi connectivity index (χ1) is 10.6. The van der Waals surface area contributed by atoms with Crippen LogP contribution in [0.5, 0.6) is 0 Å². The molecule has 0 atom stereocenters. The lowest BCUT2D eigenvalue weighted by molar-refractivity contribution is 0.0697. The fraction of sp³-hybridized carbons (Fsp3) is 0.0667. The number of halogens is 1. The molecule has 0 aliphatic rings. The molecule has 0 amide bonds. The molecule has 0 unspecified atom stereocenters. The van der Waals surface area contributed by atoms with Crippen LogP contribution >= 0.6 is 23.4 Å². The van der Waals surface area contributed by atoms with E-state index in [0.29, 0.717) is 27.3 Å². The van der Waals surface area contributed by atoms with Crippen LogP contribution in [0.3, 0.4) is 0 Å². The van der Waals surface area contributed by atoms with Gasteiger partial charge in [0.1, 0.15) is 5.52 Å². The van der Waals surface area contributed by atoms with Crippen LogP contribution in [0.1, 0.15) is 10.4 Å². The van der Waals surface area contributed by atoms with E-state index < -0.39 is 5.97 Å². The molecule has 2 aromatic heterocycles. The third kappa shape index (κ3) is 2.63. The minimum Gasteiger partial charge on any atom is -0.478 e. The highest BCUT2D eigenvalue weighted by atomic mass is 35.5. The third-order valence-electron chi connectivity index (χ3n) is 3.12. The lowest BCUT2D eigenvalue weighted by Crippen LogP contribution is -2.00. The average molecular weight is 332 g/mol. The number of pyridine rings is 1. The van der Waals surface area contributed by atoms with Gasteiger partial charge >= 0.3 is 5.97 Å². The van der Waals surface area contributed by atoms with Crippen LogP contribution in [0.15, 0.2) is 41.7 Å². The number of aromatic nitrogens is 3. The maximum Gasteiger partial charge on any atom is 0.336 e. The zero-order chi connectivity index (χ0) is 15.7. The van der Waals surface area contributed by atoms with E-state index in [0.717, 1.165) is 0 Å². The molecule has 7 heteroatoms. The van der Waals surface area contributed by atoms with Gasteiger partial charge in [-0.3, -0.25) is 0 Å². The van der Waals surface area contributed by atoms with Crippen molar-refractivity contribution in [1.29, 1.82) is 0 Å². The van der Waals surface area contributed by atoms with E-state index in [9.17, 15) is 9.90 Å². The van der Waals surface area contributed by atoms with Crippen LogP contribution in [-0.2, 0) is 0 Å². The van der Waals surface area contributed by atoms with Crippen LogP contribution in [0.25, 0.3) is 22.2 Å². The van der Waals surface area contributed by atoms with Crippen molar-refractivity contribution in [3.63, 3.8) is 0 Å². The van der Waals surface area contributed by atoms with Gasteiger partial charge in [-0.05, 0) is 18.4 Å². The van der Waals surface area contributed by atoms with Gasteiger partial charge in [-0.2, -0.15) is 0 Å². The lowest BCUT2D eigenvalue weighted by atomic mass is 10.0. The van der Waals surface area contributed by atoms with Gasteiger partial charge in [0.05, 0.1) is 11.3 Å². The molecule has 0 saturated heterocycles. The second-order valence-corrected chi connectivity index (χ2v) is 5.57. The van der Waals surface area contributed by atoms with Gasteiger partial charge < -0.3 is 5.11 Å². The van der Waals surface area contributed by atoms with E-state index in [2.05, 4.69) is 15.0 Å². The fourth-order valence-corrected chi connectivity index (χ4v) is 2.70. The normalized spacial score (nSPS) is 10.8. The Kier molecular flexibility index (Phi) is 3.96. The molecule has 0 radical (unpaired) electrons. The summed E-state index contributed by atoms with van der Waals surface area (Å²) < 4.78 is 0. The van der Waals surface area contributed by atoms with Crippen LogP contribution in [0.4, 0.5) is 0 Å². The maximum atomic E-state index is 11.3. The molecule has 0 spiro atoms. The molecule has 0 aliphatic carbocycles. The molecule has 110 valence electrons. The van der Waals surface area contributed by atoms with Crippen molar-refractivity contribution < 1.29 is 9.90 Å². The standard InChI is InChI=1S/C15H10ClN3O2S/c1-22-15-17-7-8-6-11(18-13(16)12(8)19-15)9-4-2-3-5-10(9)14(20)21/h2-7H,1H3,(H,20,21). The SMILES string of the molecule is CSc1ncc2cc(-c3ccccc3C(=O)O)nc(Cl)c2n1. The summed E-state index contributed by atoms with van der Waals surface area (Å²) in [6, 6.07) is 8.40. The number of hydrogen-bond acceptors (Lipinski definition) is 5. The van der Waals surface area contributed by atoms with E-state index in [4.69, 9.17) is 11.6 Å². The molecule has 0 saturated carbocycles. The van der Waals surface area contributed by atoms with Crippen LogP contribution < -0.4 is 0 Å². The number of hydrogen-bond donors (Lipinski definition) is 1. The second-order valence-electron chi connectivity index (χ2n) is 4.44. The lowest BCUT2D eigenvalue weighted by Gasteiger charge is -2.08. The Morgan fingerprint density at radius 2 is 2.05 bits per heavy atom. The summed E-state index contributed by atoms with van der Waals surface area (Å²) >= 11 is 7.63. The third-order valence-corrected chi connectivity index (χ3v) is 3.94. The van der Waals surface area contributed by atoms with E-state index in [1.165, 1.54) is 17.8 Å². The Morgan fingerprint density at radius 3 is 2.77 bits per heavy atom. The van der Waals surface area contributed by atoms with Crippen molar-refractivity contribution >= 4 is 40.2 Å². The quantitative estimate of drug-likeness (QED) is 0.447. The summed E-state index contributed by atoms with van der Waals surface area (Å²) in [5.74, 6) is -1.01. The topological polar surface area (TPSA) is 76.0 Å². The summed E-state index contributed by atoms with van der Waals surface area (Å²) in [7, 11) is 0. The van der Waals surface area contributed by atoms with Gasteiger partial charge in [0.15, 0.2) is 10.3 Å². The summed E-state index contributed by atoms with van der Waals surface area (Å²) in [5.41, 5.74) is 1.72. The van der Waals surface area contributed by atoms with Crippen molar-refractivity contribution in [2.75, 3.05) is 6.26 Å². The molecule has 0 bridgehead atoms. The molecule has 5 nitrogen and oxygen atoms in total. The summed E-state index contributed by atoms with van der Waals surface area (Å²) in [4.78, 5) is 24.2. The van der Waals surface area contributed by atoms with E-state index in [1.807, 2.05) is 6.26 Å². The largest absolute Gasteiger partial charge is 0.478 e. The van der Waals surface area contributed by atoms with E-state index in [-0.39, 0.29) is 10.7 Å². The Balaban J connectivity index is 2.23. The zero-order valence-corrected chi connectivity index (χ0v) is 13.0. The maximum absolute atomic E-state index is 11.3. The molecule has 3 rings (SSSR count). The Labute approximate surface area is 135 Å². The van der Waals surface area contributed by atoms with Crippen molar-refractivity contribution in [3.8, 4) is 11.3 Å². The first-order valence-corrected chi connectivity index (χ1v) is 7.90. The molecule has 2 heterocycles. The predicted molar refractivity (Wildman–Crippen MR) is 86.5 cm³/mol. The number of thioether (sulfide) groups is 1. The van der Waals surface area contributed by atoms with Gasteiger partial charge in [0, 0.05) is 17.1 Å². The van der Waals surface area contributed by atoms with Gasteiger partial charge in [-0.1, -0.05) is 41.6 Å². The Morgan fingerprint density at radius 1 is 1.27 bits per heavy atom. The summed E-state index contributed by atoms with van der Waals surface area (Å²) in [6.45, 7) is 0. The fourth-order valence-electron chi connectivity index (χ4n) is 2.11. The Hall–Kier alpha value is -2.18. The molecule has 22 heavy (non-hydrogen) atoms. The monoisotopic (exact) mass is 331 g/mol. The number of fused-ring (bicyclic) bond motifs is 1. The van der Waals surface area contributed by atoms with Crippen LogP contribution in [-0.4, -0.2) is 32.3 Å². The highest BCUT2D eigenvalue weighted by molar-refractivity contribution is 7.98. The number of rotatable bonds is 3. The Bertz CT molecular complexity index is 886. The molecule has 0 aliphatic heterocycles. The van der Waals surface area contributed by atoms with Crippen molar-refractivity contribution in [2.24, 2.45) is 0 Å². The van der Waals surface area contributed by atoms with Crippen LogP contribution in [0.2, 0.25) is 5.15 Å². The number of benzene rings is 1. The van der Waals surface area contributed by atoms with Gasteiger partial charge in [-0.25, -0.2) is 19.7 Å². The first kappa shape index (κ1) is 14.7. The first-order valence-electron chi connectivity index (χ1n) is 6.30.